The second kappa shape index (κ2) is 7.27. The van der Waals surface area contributed by atoms with Crippen LogP contribution in [0.25, 0.3) is 0 Å². The maximum atomic E-state index is 5.86. The van der Waals surface area contributed by atoms with Gasteiger partial charge in [-0.2, -0.15) is 0 Å². The van der Waals surface area contributed by atoms with Crippen LogP contribution in [0.15, 0.2) is 40.8 Å². The normalized spacial score (nSPS) is 12.6. The van der Waals surface area contributed by atoms with Crippen LogP contribution in [0, 0.1) is 0 Å². The van der Waals surface area contributed by atoms with E-state index in [0.29, 0.717) is 6.61 Å². The molecular formula is C17H23NO2. The van der Waals surface area contributed by atoms with Crippen LogP contribution in [0.4, 0.5) is 0 Å². The molecule has 0 spiro atoms. The summed E-state index contributed by atoms with van der Waals surface area (Å²) in [5.74, 6) is 1.79. The second-order valence-electron chi connectivity index (χ2n) is 4.82. The molecule has 108 valence electrons. The van der Waals surface area contributed by atoms with E-state index in [4.69, 9.17) is 9.15 Å². The van der Waals surface area contributed by atoms with Crippen LogP contribution in [0.2, 0.25) is 0 Å². The first kappa shape index (κ1) is 14.8. The van der Waals surface area contributed by atoms with E-state index in [1.54, 1.807) is 7.11 Å². The second-order valence-corrected chi connectivity index (χ2v) is 4.82. The van der Waals surface area contributed by atoms with E-state index in [0.717, 1.165) is 24.5 Å². The lowest BCUT2D eigenvalue weighted by Gasteiger charge is -2.16. The van der Waals surface area contributed by atoms with Gasteiger partial charge in [0.2, 0.25) is 0 Å². The number of rotatable bonds is 7. The monoisotopic (exact) mass is 273 g/mol. The predicted octanol–water partition coefficient (Wildman–Crippen LogP) is 3.69. The number of hydrogen-bond acceptors (Lipinski definition) is 3. The Balaban J connectivity index is 2.23. The van der Waals surface area contributed by atoms with Gasteiger partial charge in [-0.25, -0.2) is 0 Å². The highest BCUT2D eigenvalue weighted by molar-refractivity contribution is 5.30. The van der Waals surface area contributed by atoms with Crippen molar-refractivity contribution in [2.24, 2.45) is 0 Å². The Morgan fingerprint density at radius 3 is 2.45 bits per heavy atom. The lowest BCUT2D eigenvalue weighted by atomic mass is 10.0. The van der Waals surface area contributed by atoms with Crippen LogP contribution in [0.3, 0.4) is 0 Å². The molecule has 1 heterocycles. The number of hydrogen-bond donors (Lipinski definition) is 1. The lowest BCUT2D eigenvalue weighted by molar-refractivity contribution is 0.162. The average molecular weight is 273 g/mol. The largest absolute Gasteiger partial charge is 0.462 e. The maximum Gasteiger partial charge on any atom is 0.129 e. The van der Waals surface area contributed by atoms with E-state index in [-0.39, 0.29) is 6.04 Å². The quantitative estimate of drug-likeness (QED) is 0.835. The van der Waals surface area contributed by atoms with Crippen molar-refractivity contribution in [1.29, 1.82) is 0 Å². The first-order valence-electron chi connectivity index (χ1n) is 7.18. The summed E-state index contributed by atoms with van der Waals surface area (Å²) in [6.07, 6.45) is 1.06. The molecule has 3 nitrogen and oxygen atoms in total. The topological polar surface area (TPSA) is 34.4 Å². The molecule has 1 aromatic carbocycles. The van der Waals surface area contributed by atoms with Gasteiger partial charge in [0.25, 0.3) is 0 Å². The summed E-state index contributed by atoms with van der Waals surface area (Å²) in [6.45, 7) is 5.67. The molecule has 20 heavy (non-hydrogen) atoms. The summed E-state index contributed by atoms with van der Waals surface area (Å²) in [7, 11) is 1.67. The van der Waals surface area contributed by atoms with Gasteiger partial charge in [-0.15, -0.1) is 0 Å². The van der Waals surface area contributed by atoms with Crippen LogP contribution in [0.5, 0.6) is 0 Å². The van der Waals surface area contributed by atoms with Crippen molar-refractivity contribution in [2.45, 2.75) is 32.9 Å². The molecular weight excluding hydrogens is 250 g/mol. The zero-order valence-corrected chi connectivity index (χ0v) is 12.5. The van der Waals surface area contributed by atoms with Crippen LogP contribution >= 0.6 is 0 Å². The van der Waals surface area contributed by atoms with Crippen LogP contribution < -0.4 is 5.32 Å². The Morgan fingerprint density at radius 2 is 1.85 bits per heavy atom. The SMILES string of the molecule is CCNC(c1ccc(CC)cc1)c1ccc(COC)o1. The van der Waals surface area contributed by atoms with E-state index in [2.05, 4.69) is 43.4 Å². The fourth-order valence-corrected chi connectivity index (χ4v) is 2.30. The third-order valence-corrected chi connectivity index (χ3v) is 3.38. The molecule has 0 aliphatic carbocycles. The minimum Gasteiger partial charge on any atom is -0.462 e. The summed E-state index contributed by atoms with van der Waals surface area (Å²) in [4.78, 5) is 0. The van der Waals surface area contributed by atoms with Crippen molar-refractivity contribution >= 4 is 0 Å². The summed E-state index contributed by atoms with van der Waals surface area (Å²) >= 11 is 0. The van der Waals surface area contributed by atoms with E-state index in [1.165, 1.54) is 11.1 Å². The first-order valence-corrected chi connectivity index (χ1v) is 7.18. The standard InChI is InChI=1S/C17H23NO2/c1-4-13-6-8-14(9-7-13)17(18-5-2)16-11-10-15(20-16)12-19-3/h6-11,17-18H,4-5,12H2,1-3H3. The van der Waals surface area contributed by atoms with Crippen molar-refractivity contribution in [2.75, 3.05) is 13.7 Å². The molecule has 0 fully saturated rings. The number of benzene rings is 1. The predicted molar refractivity (Wildman–Crippen MR) is 80.8 cm³/mol. The highest BCUT2D eigenvalue weighted by Crippen LogP contribution is 2.24. The molecule has 0 saturated carbocycles. The van der Waals surface area contributed by atoms with Crippen LogP contribution in [0.1, 0.15) is 42.5 Å². The van der Waals surface area contributed by atoms with Crippen LogP contribution in [-0.4, -0.2) is 13.7 Å². The molecule has 1 N–H and O–H groups in total. The molecule has 0 saturated heterocycles. The number of aryl methyl sites for hydroxylation is 1. The smallest absolute Gasteiger partial charge is 0.129 e. The molecule has 0 bridgehead atoms. The number of nitrogens with one attached hydrogen (secondary N) is 1. The minimum absolute atomic E-state index is 0.0940. The Hall–Kier alpha value is -1.58. The Bertz CT molecular complexity index is 516. The fraction of sp³-hybridized carbons (Fsp3) is 0.412. The lowest BCUT2D eigenvalue weighted by Crippen LogP contribution is -2.21. The molecule has 0 amide bonds. The van der Waals surface area contributed by atoms with Gasteiger partial charge in [-0.3, -0.25) is 0 Å². The highest BCUT2D eigenvalue weighted by Gasteiger charge is 2.16. The summed E-state index contributed by atoms with van der Waals surface area (Å²) in [6, 6.07) is 12.8. The third-order valence-electron chi connectivity index (χ3n) is 3.38. The molecule has 1 aromatic heterocycles. The zero-order valence-electron chi connectivity index (χ0n) is 12.5. The van der Waals surface area contributed by atoms with Crippen molar-refractivity contribution in [3.63, 3.8) is 0 Å². The van der Waals surface area contributed by atoms with Crippen molar-refractivity contribution in [3.8, 4) is 0 Å². The van der Waals surface area contributed by atoms with Gasteiger partial charge in [0.05, 0.1) is 6.04 Å². The Morgan fingerprint density at radius 1 is 1.10 bits per heavy atom. The maximum absolute atomic E-state index is 5.86. The molecule has 2 aromatic rings. The third kappa shape index (κ3) is 3.50. The molecule has 3 heteroatoms. The minimum atomic E-state index is 0.0940. The fourth-order valence-electron chi connectivity index (χ4n) is 2.30. The van der Waals surface area contributed by atoms with Crippen molar-refractivity contribution in [3.05, 3.63) is 59.0 Å². The molecule has 1 atom stereocenters. The number of ether oxygens (including phenoxy) is 1. The van der Waals surface area contributed by atoms with E-state index >= 15 is 0 Å². The average Bonchev–Trinajstić information content (AvgIpc) is 2.94. The van der Waals surface area contributed by atoms with Crippen LogP contribution in [-0.2, 0) is 17.8 Å². The first-order chi connectivity index (χ1) is 9.78. The number of furan rings is 1. The van der Waals surface area contributed by atoms with E-state index in [9.17, 15) is 0 Å². The van der Waals surface area contributed by atoms with Gasteiger partial charge in [-0.05, 0) is 36.2 Å². The van der Waals surface area contributed by atoms with Crippen molar-refractivity contribution in [1.82, 2.24) is 5.32 Å². The highest BCUT2D eigenvalue weighted by atomic mass is 16.5. The zero-order chi connectivity index (χ0) is 14.4. The Labute approximate surface area is 121 Å². The Kier molecular flexibility index (Phi) is 5.39. The van der Waals surface area contributed by atoms with Gasteiger partial charge in [0, 0.05) is 7.11 Å². The van der Waals surface area contributed by atoms with Gasteiger partial charge in [-0.1, -0.05) is 38.1 Å². The molecule has 1 unspecified atom stereocenters. The summed E-state index contributed by atoms with van der Waals surface area (Å²) < 4.78 is 11.0. The summed E-state index contributed by atoms with van der Waals surface area (Å²) in [5, 5.41) is 3.47. The molecule has 0 aliphatic rings. The summed E-state index contributed by atoms with van der Waals surface area (Å²) in [5.41, 5.74) is 2.57. The van der Waals surface area contributed by atoms with Gasteiger partial charge in [0.1, 0.15) is 18.1 Å². The van der Waals surface area contributed by atoms with Crippen molar-refractivity contribution < 1.29 is 9.15 Å². The van der Waals surface area contributed by atoms with Gasteiger partial charge in [0.15, 0.2) is 0 Å². The molecule has 2 rings (SSSR count). The molecule has 0 radical (unpaired) electrons. The van der Waals surface area contributed by atoms with E-state index in [1.807, 2.05) is 12.1 Å². The van der Waals surface area contributed by atoms with E-state index < -0.39 is 0 Å². The van der Waals surface area contributed by atoms with Gasteiger partial charge >= 0.3 is 0 Å². The van der Waals surface area contributed by atoms with Gasteiger partial charge < -0.3 is 14.5 Å². The molecule has 0 aliphatic heterocycles. The number of methoxy groups -OCH3 is 1.